The minimum atomic E-state index is -0.502. The van der Waals surface area contributed by atoms with Crippen molar-refractivity contribution in [2.24, 2.45) is 17.8 Å². The van der Waals surface area contributed by atoms with Crippen LogP contribution < -0.4 is 0 Å². The van der Waals surface area contributed by atoms with E-state index >= 15 is 0 Å². The van der Waals surface area contributed by atoms with E-state index in [0.717, 1.165) is 30.6 Å². The summed E-state index contributed by atoms with van der Waals surface area (Å²) in [6.07, 6.45) is 7.54. The molecule has 2 bridgehead atoms. The SMILES string of the molecule is C=C(COC(C)=O)C(=O)OC(C)(C)CCC1CC2CC(C1)C2. The van der Waals surface area contributed by atoms with Crippen LogP contribution in [0.25, 0.3) is 0 Å². The molecule has 0 amide bonds. The molecule has 0 aromatic rings. The van der Waals surface area contributed by atoms with E-state index in [0.29, 0.717) is 0 Å². The van der Waals surface area contributed by atoms with Crippen molar-refractivity contribution < 1.29 is 19.1 Å². The first kappa shape index (κ1) is 17.0. The van der Waals surface area contributed by atoms with Gasteiger partial charge in [-0.1, -0.05) is 6.58 Å². The lowest BCUT2D eigenvalue weighted by Crippen LogP contribution is -2.35. The zero-order valence-electron chi connectivity index (χ0n) is 14.0. The summed E-state index contributed by atoms with van der Waals surface area (Å²) >= 11 is 0. The maximum absolute atomic E-state index is 12.0. The molecule has 0 aliphatic heterocycles. The summed E-state index contributed by atoms with van der Waals surface area (Å²) in [5, 5.41) is 0. The first-order valence-electron chi connectivity index (χ1n) is 8.29. The highest BCUT2D eigenvalue weighted by Gasteiger charge is 2.38. The Kier molecular flexibility index (Phi) is 5.30. The van der Waals surface area contributed by atoms with Gasteiger partial charge in [-0.2, -0.15) is 0 Å². The van der Waals surface area contributed by atoms with Crippen molar-refractivity contribution in [2.75, 3.05) is 6.61 Å². The normalized spacial score (nSPS) is 26.8. The fraction of sp³-hybridized carbons (Fsp3) is 0.778. The second-order valence-electron chi connectivity index (χ2n) is 7.61. The van der Waals surface area contributed by atoms with Gasteiger partial charge >= 0.3 is 11.9 Å². The average Bonchev–Trinajstić information content (AvgIpc) is 2.41. The van der Waals surface area contributed by atoms with Crippen molar-refractivity contribution in [3.8, 4) is 0 Å². The Bertz CT molecular complexity index is 436. The minimum absolute atomic E-state index is 0.101. The van der Waals surface area contributed by atoms with Crippen molar-refractivity contribution in [1.29, 1.82) is 0 Å². The van der Waals surface area contributed by atoms with Crippen molar-refractivity contribution in [2.45, 2.75) is 64.9 Å². The number of fused-ring (bicyclic) bond motifs is 2. The van der Waals surface area contributed by atoms with Gasteiger partial charge in [-0.3, -0.25) is 4.79 Å². The molecule has 0 aromatic heterocycles. The largest absolute Gasteiger partial charge is 0.461 e. The summed E-state index contributed by atoms with van der Waals surface area (Å²) in [6.45, 7) is 8.70. The van der Waals surface area contributed by atoms with Crippen LogP contribution in [0.5, 0.6) is 0 Å². The summed E-state index contributed by atoms with van der Waals surface area (Å²) in [5.74, 6) is 1.80. The summed E-state index contributed by atoms with van der Waals surface area (Å²) in [7, 11) is 0. The molecule has 0 saturated heterocycles. The second kappa shape index (κ2) is 6.84. The smallest absolute Gasteiger partial charge is 0.337 e. The number of hydrogen-bond acceptors (Lipinski definition) is 4. The molecule has 0 aromatic carbocycles. The Morgan fingerprint density at radius 2 is 1.73 bits per heavy atom. The van der Waals surface area contributed by atoms with Crippen molar-refractivity contribution in [3.05, 3.63) is 12.2 Å². The van der Waals surface area contributed by atoms with Crippen LogP contribution in [0.1, 0.15) is 59.3 Å². The third-order valence-corrected chi connectivity index (χ3v) is 4.93. The van der Waals surface area contributed by atoms with Gasteiger partial charge in [-0.15, -0.1) is 0 Å². The van der Waals surface area contributed by atoms with Crippen LogP contribution in [0.15, 0.2) is 12.2 Å². The molecule has 0 N–H and O–H groups in total. The molecule has 4 nitrogen and oxygen atoms in total. The number of ether oxygens (including phenoxy) is 2. The Balaban J connectivity index is 1.71. The fourth-order valence-corrected chi connectivity index (χ4v) is 3.71. The van der Waals surface area contributed by atoms with E-state index in [1.165, 1.54) is 32.6 Å². The van der Waals surface area contributed by atoms with Gasteiger partial charge in [-0.25, -0.2) is 4.79 Å². The number of rotatable bonds is 7. The van der Waals surface area contributed by atoms with Gasteiger partial charge < -0.3 is 9.47 Å². The van der Waals surface area contributed by atoms with E-state index in [-0.39, 0.29) is 12.2 Å². The highest BCUT2D eigenvalue weighted by atomic mass is 16.6. The molecule has 0 heterocycles. The molecule has 3 saturated carbocycles. The van der Waals surface area contributed by atoms with Crippen LogP contribution in [-0.2, 0) is 19.1 Å². The minimum Gasteiger partial charge on any atom is -0.461 e. The maximum Gasteiger partial charge on any atom is 0.337 e. The lowest BCUT2D eigenvalue weighted by molar-refractivity contribution is -0.153. The summed E-state index contributed by atoms with van der Waals surface area (Å²) in [6, 6.07) is 0. The van der Waals surface area contributed by atoms with Gasteiger partial charge in [-0.05, 0) is 70.1 Å². The molecule has 0 atom stereocenters. The highest BCUT2D eigenvalue weighted by molar-refractivity contribution is 5.88. The van der Waals surface area contributed by atoms with Gasteiger partial charge in [0.1, 0.15) is 12.2 Å². The van der Waals surface area contributed by atoms with E-state index in [4.69, 9.17) is 9.47 Å². The first-order chi connectivity index (χ1) is 10.2. The van der Waals surface area contributed by atoms with E-state index in [2.05, 4.69) is 6.58 Å². The second-order valence-corrected chi connectivity index (χ2v) is 7.61. The molecule has 0 unspecified atom stereocenters. The molecule has 3 fully saturated rings. The summed E-state index contributed by atoms with van der Waals surface area (Å²) in [4.78, 5) is 22.7. The Morgan fingerprint density at radius 1 is 1.14 bits per heavy atom. The topological polar surface area (TPSA) is 52.6 Å². The third kappa shape index (κ3) is 4.85. The summed E-state index contributed by atoms with van der Waals surface area (Å²) in [5.41, 5.74) is -0.320. The molecular formula is C18H28O4. The van der Waals surface area contributed by atoms with Crippen molar-refractivity contribution in [3.63, 3.8) is 0 Å². The van der Waals surface area contributed by atoms with Gasteiger partial charge in [0.2, 0.25) is 0 Å². The number of carbonyl (C=O) groups excluding carboxylic acids is 2. The predicted molar refractivity (Wildman–Crippen MR) is 84.1 cm³/mol. The molecule has 3 aliphatic carbocycles. The first-order valence-corrected chi connectivity index (χ1v) is 8.29. The van der Waals surface area contributed by atoms with Gasteiger partial charge in [0.25, 0.3) is 0 Å². The van der Waals surface area contributed by atoms with Crippen LogP contribution in [0.2, 0.25) is 0 Å². The van der Waals surface area contributed by atoms with Crippen LogP contribution in [-0.4, -0.2) is 24.1 Å². The van der Waals surface area contributed by atoms with Gasteiger partial charge in [0, 0.05) is 6.92 Å². The lowest BCUT2D eigenvalue weighted by atomic mass is 9.60. The zero-order valence-corrected chi connectivity index (χ0v) is 14.0. The predicted octanol–water partition coefficient (Wildman–Crippen LogP) is 3.64. The fourth-order valence-electron chi connectivity index (χ4n) is 3.71. The highest BCUT2D eigenvalue weighted by Crippen LogP contribution is 2.49. The van der Waals surface area contributed by atoms with Crippen LogP contribution in [0.4, 0.5) is 0 Å². The van der Waals surface area contributed by atoms with E-state index in [1.54, 1.807) is 0 Å². The standard InChI is InChI=1S/C18H28O4/c1-12(11-21-13(2)19)17(20)22-18(3,4)6-5-14-7-15-9-16(8-14)10-15/h14-16H,1,5-11H2,2-4H3. The van der Waals surface area contributed by atoms with Crippen molar-refractivity contribution >= 4 is 11.9 Å². The molecule has 3 aliphatic rings. The molecule has 4 heteroatoms. The molecule has 124 valence electrons. The number of esters is 2. The van der Waals surface area contributed by atoms with Gasteiger partial charge in [0.05, 0.1) is 5.57 Å². The Labute approximate surface area is 133 Å². The number of carbonyl (C=O) groups is 2. The van der Waals surface area contributed by atoms with E-state index in [9.17, 15) is 9.59 Å². The van der Waals surface area contributed by atoms with E-state index in [1.807, 2.05) is 13.8 Å². The maximum atomic E-state index is 12.0. The molecule has 0 radical (unpaired) electrons. The number of hydrogen-bond donors (Lipinski definition) is 0. The van der Waals surface area contributed by atoms with Gasteiger partial charge in [0.15, 0.2) is 0 Å². The van der Waals surface area contributed by atoms with Crippen LogP contribution >= 0.6 is 0 Å². The van der Waals surface area contributed by atoms with Crippen molar-refractivity contribution in [1.82, 2.24) is 0 Å². The van der Waals surface area contributed by atoms with E-state index < -0.39 is 17.5 Å². The lowest BCUT2D eigenvalue weighted by Gasteiger charge is -2.45. The molecule has 3 rings (SSSR count). The Hall–Kier alpha value is -1.32. The Morgan fingerprint density at radius 3 is 2.27 bits per heavy atom. The molecule has 0 spiro atoms. The zero-order chi connectivity index (χ0) is 16.3. The average molecular weight is 308 g/mol. The molecular weight excluding hydrogens is 280 g/mol. The third-order valence-electron chi connectivity index (χ3n) is 4.93. The molecule has 22 heavy (non-hydrogen) atoms. The van der Waals surface area contributed by atoms with Crippen LogP contribution in [0.3, 0.4) is 0 Å². The van der Waals surface area contributed by atoms with Crippen LogP contribution in [0, 0.1) is 17.8 Å². The monoisotopic (exact) mass is 308 g/mol. The quantitative estimate of drug-likeness (QED) is 0.532. The summed E-state index contributed by atoms with van der Waals surface area (Å²) < 4.78 is 10.3.